The molecule has 0 atom stereocenters. The van der Waals surface area contributed by atoms with Crippen LogP contribution in [0.2, 0.25) is 20.1 Å². The van der Waals surface area contributed by atoms with Gasteiger partial charge in [0.1, 0.15) is 0 Å². The maximum atomic E-state index is 6.21. The average molecular weight is 425 g/mol. The molecular weight excluding hydrogens is 412 g/mol. The molecule has 1 heterocycles. The lowest BCUT2D eigenvalue weighted by atomic mass is 10.2. The van der Waals surface area contributed by atoms with Crippen LogP contribution in [0.1, 0.15) is 11.1 Å². The molecule has 3 rings (SSSR count). The van der Waals surface area contributed by atoms with Gasteiger partial charge in [-0.2, -0.15) is 10.2 Å². The van der Waals surface area contributed by atoms with E-state index in [4.69, 9.17) is 46.4 Å². The second-order valence-electron chi connectivity index (χ2n) is 5.41. The smallest absolute Gasteiger partial charge is 0.0885 e. The van der Waals surface area contributed by atoms with E-state index in [2.05, 4.69) is 10.2 Å². The summed E-state index contributed by atoms with van der Waals surface area (Å²) in [4.78, 5) is 0. The van der Waals surface area contributed by atoms with E-state index in [0.717, 1.165) is 5.56 Å². The van der Waals surface area contributed by atoms with Crippen molar-refractivity contribution in [2.24, 2.45) is 10.2 Å². The Morgan fingerprint density at radius 3 is 1.88 bits per heavy atom. The predicted octanol–water partition coefficient (Wildman–Crippen LogP) is 6.08. The van der Waals surface area contributed by atoms with Crippen LogP contribution in [0.15, 0.2) is 71.1 Å². The van der Waals surface area contributed by atoms with Crippen LogP contribution in [0.25, 0.3) is 0 Å². The molecule has 0 unspecified atom stereocenters. The predicted molar refractivity (Wildman–Crippen MR) is 110 cm³/mol. The number of hydrogen-bond acceptors (Lipinski definition) is 2. The van der Waals surface area contributed by atoms with Crippen LogP contribution in [0.3, 0.4) is 0 Å². The molecule has 26 heavy (non-hydrogen) atoms. The summed E-state index contributed by atoms with van der Waals surface area (Å²) in [5, 5.41) is 11.2. The highest BCUT2D eigenvalue weighted by Crippen LogP contribution is 2.25. The Morgan fingerprint density at radius 2 is 1.31 bits per heavy atom. The lowest BCUT2D eigenvalue weighted by Crippen LogP contribution is -2.06. The molecule has 7 heteroatoms. The molecule has 0 aliphatic carbocycles. The zero-order valence-electron chi connectivity index (χ0n) is 13.4. The fourth-order valence-corrected chi connectivity index (χ4v) is 3.29. The molecule has 0 aliphatic heterocycles. The molecule has 1 aromatic heterocycles. The van der Waals surface area contributed by atoms with Crippen LogP contribution in [0, 0.1) is 0 Å². The van der Waals surface area contributed by atoms with Gasteiger partial charge < -0.3 is 4.57 Å². The highest BCUT2D eigenvalue weighted by Gasteiger charge is 2.05. The van der Waals surface area contributed by atoms with E-state index in [1.807, 2.05) is 47.3 Å². The van der Waals surface area contributed by atoms with Gasteiger partial charge in [-0.3, -0.25) is 0 Å². The van der Waals surface area contributed by atoms with E-state index >= 15 is 0 Å². The van der Waals surface area contributed by atoms with Crippen molar-refractivity contribution in [3.8, 4) is 0 Å². The van der Waals surface area contributed by atoms with Crippen LogP contribution in [-0.2, 0) is 6.54 Å². The maximum absolute atomic E-state index is 6.21. The monoisotopic (exact) mass is 423 g/mol. The zero-order valence-corrected chi connectivity index (χ0v) is 16.4. The summed E-state index contributed by atoms with van der Waals surface area (Å²) < 4.78 is 1.96. The van der Waals surface area contributed by atoms with Gasteiger partial charge in [0, 0.05) is 40.1 Å². The topological polar surface area (TPSA) is 29.6 Å². The summed E-state index contributed by atoms with van der Waals surface area (Å²) >= 11 is 24.6. The van der Waals surface area contributed by atoms with Crippen LogP contribution >= 0.6 is 46.4 Å². The van der Waals surface area contributed by atoms with Crippen LogP contribution in [0.5, 0.6) is 0 Å². The number of pyridine rings is 1. The molecule has 0 aliphatic rings. The second kappa shape index (κ2) is 8.74. The van der Waals surface area contributed by atoms with Crippen LogP contribution in [-0.4, -0.2) is 10.8 Å². The van der Waals surface area contributed by atoms with E-state index in [9.17, 15) is 0 Å². The first-order valence-corrected chi connectivity index (χ1v) is 9.16. The van der Waals surface area contributed by atoms with Crippen molar-refractivity contribution in [2.45, 2.75) is 6.54 Å². The highest BCUT2D eigenvalue weighted by atomic mass is 35.5. The van der Waals surface area contributed by atoms with Crippen molar-refractivity contribution in [1.82, 2.24) is 4.57 Å². The minimum Gasteiger partial charge on any atom is -0.350 e. The largest absolute Gasteiger partial charge is 0.350 e. The van der Waals surface area contributed by atoms with Crippen molar-refractivity contribution < 1.29 is 0 Å². The Bertz CT molecular complexity index is 965. The van der Waals surface area contributed by atoms with Gasteiger partial charge >= 0.3 is 0 Å². The Balaban J connectivity index is 1.77. The van der Waals surface area contributed by atoms with Crippen molar-refractivity contribution in [3.63, 3.8) is 0 Å². The minimum atomic E-state index is 0.527. The van der Waals surface area contributed by atoms with E-state index in [0.29, 0.717) is 37.6 Å². The average Bonchev–Trinajstić information content (AvgIpc) is 2.62. The normalized spacial score (nSPS) is 11.1. The Kier molecular flexibility index (Phi) is 6.38. The summed E-state index contributed by atoms with van der Waals surface area (Å²) in [6.07, 6.45) is 5.31. The van der Waals surface area contributed by atoms with E-state index in [1.54, 1.807) is 18.2 Å². The number of aromatic nitrogens is 1. The summed E-state index contributed by atoms with van der Waals surface area (Å²) in [5.74, 6) is 0. The van der Waals surface area contributed by atoms with Gasteiger partial charge in [0.25, 0.3) is 0 Å². The molecule has 0 bridgehead atoms. The van der Waals surface area contributed by atoms with Gasteiger partial charge in [-0.1, -0.05) is 58.5 Å². The number of halogens is 4. The van der Waals surface area contributed by atoms with Gasteiger partial charge in [0.15, 0.2) is 0 Å². The van der Waals surface area contributed by atoms with Crippen molar-refractivity contribution in [2.75, 3.05) is 0 Å². The van der Waals surface area contributed by atoms with Gasteiger partial charge in [-0.05, 0) is 36.4 Å². The SMILES string of the molecule is Clc1cccc(Cl)c1C=NN=c1ccn(Cc2c(Cl)cccc2Cl)cc1. The van der Waals surface area contributed by atoms with Gasteiger partial charge in [0.05, 0.1) is 21.6 Å². The summed E-state index contributed by atoms with van der Waals surface area (Å²) in [6, 6.07) is 14.4. The molecule has 0 amide bonds. The summed E-state index contributed by atoms with van der Waals surface area (Å²) in [5.41, 5.74) is 1.51. The second-order valence-corrected chi connectivity index (χ2v) is 7.04. The third-order valence-corrected chi connectivity index (χ3v) is 5.00. The van der Waals surface area contributed by atoms with E-state index in [1.165, 1.54) is 6.21 Å². The number of hydrogen-bond donors (Lipinski definition) is 0. The number of benzene rings is 2. The van der Waals surface area contributed by atoms with Gasteiger partial charge in [-0.15, -0.1) is 0 Å². The molecule has 0 saturated heterocycles. The lowest BCUT2D eigenvalue weighted by Gasteiger charge is -2.09. The number of nitrogens with zero attached hydrogens (tertiary/aromatic N) is 3. The molecule has 0 spiro atoms. The van der Waals surface area contributed by atoms with Crippen LogP contribution < -0.4 is 5.36 Å². The lowest BCUT2D eigenvalue weighted by molar-refractivity contribution is 0.787. The molecule has 132 valence electrons. The molecule has 3 aromatic rings. The quantitative estimate of drug-likeness (QED) is 0.358. The third kappa shape index (κ3) is 4.68. The van der Waals surface area contributed by atoms with Gasteiger partial charge in [0.2, 0.25) is 0 Å². The van der Waals surface area contributed by atoms with Crippen molar-refractivity contribution in [3.05, 3.63) is 97.5 Å². The first kappa shape index (κ1) is 19.0. The molecule has 0 fully saturated rings. The van der Waals surface area contributed by atoms with Crippen LogP contribution in [0.4, 0.5) is 0 Å². The van der Waals surface area contributed by atoms with E-state index in [-0.39, 0.29) is 0 Å². The molecule has 3 nitrogen and oxygen atoms in total. The Morgan fingerprint density at radius 1 is 0.769 bits per heavy atom. The van der Waals surface area contributed by atoms with Crippen molar-refractivity contribution in [1.29, 1.82) is 0 Å². The van der Waals surface area contributed by atoms with Crippen molar-refractivity contribution >= 4 is 52.6 Å². The first-order chi connectivity index (χ1) is 12.5. The molecule has 2 aromatic carbocycles. The summed E-state index contributed by atoms with van der Waals surface area (Å²) in [7, 11) is 0. The first-order valence-electron chi connectivity index (χ1n) is 7.64. The standard InChI is InChI=1S/C19H13Cl4N3/c20-16-3-1-4-17(21)14(16)11-24-25-13-7-9-26(10-8-13)12-15-18(22)5-2-6-19(15)23/h1-11H,12H2. The molecule has 0 saturated carbocycles. The fourth-order valence-electron chi connectivity index (χ4n) is 2.27. The Hall–Kier alpha value is -1.78. The minimum absolute atomic E-state index is 0.527. The maximum Gasteiger partial charge on any atom is 0.0885 e. The van der Waals surface area contributed by atoms with E-state index < -0.39 is 0 Å². The number of rotatable bonds is 4. The summed E-state index contributed by atoms with van der Waals surface area (Å²) in [6.45, 7) is 0.567. The highest BCUT2D eigenvalue weighted by molar-refractivity contribution is 6.38. The fraction of sp³-hybridized carbons (Fsp3) is 0.0526. The third-order valence-electron chi connectivity index (χ3n) is 3.64. The molecule has 0 N–H and O–H groups in total. The Labute approximate surface area is 171 Å². The van der Waals surface area contributed by atoms with Gasteiger partial charge in [-0.25, -0.2) is 0 Å². The zero-order chi connectivity index (χ0) is 18.5. The molecular formula is C19H13Cl4N3. The molecule has 0 radical (unpaired) electrons.